The van der Waals surface area contributed by atoms with Gasteiger partial charge < -0.3 is 14.2 Å². The van der Waals surface area contributed by atoms with Gasteiger partial charge >= 0.3 is 17.9 Å². The molecule has 0 radical (unpaired) electrons. The fourth-order valence-electron chi connectivity index (χ4n) is 8.69. The van der Waals surface area contributed by atoms with Crippen LogP contribution < -0.4 is 0 Å². The second kappa shape index (κ2) is 56.2. The number of esters is 3. The highest BCUT2D eigenvalue weighted by Crippen LogP contribution is 2.17. The van der Waals surface area contributed by atoms with Crippen LogP contribution in [0.15, 0.2) is 36.5 Å². The van der Waals surface area contributed by atoms with E-state index in [-0.39, 0.29) is 31.1 Å². The van der Waals surface area contributed by atoms with Crippen molar-refractivity contribution in [2.45, 2.75) is 322 Å². The maximum absolute atomic E-state index is 12.8. The summed E-state index contributed by atoms with van der Waals surface area (Å²) in [6.45, 7) is 6.60. The molecule has 0 aromatic rings. The SMILES string of the molecule is CCCCCCC/C=C\C/C=C\C/C=C\CCCCCCCCC(=O)OC(COC(=O)CCCCCCCC)COC(=O)CCCCCCCCCCCCCCCCCCCCCCCC. The Kier molecular flexibility index (Phi) is 54.2. The molecule has 6 nitrogen and oxygen atoms in total. The van der Waals surface area contributed by atoms with Crippen molar-refractivity contribution in [1.29, 1.82) is 0 Å². The van der Waals surface area contributed by atoms with Gasteiger partial charge in [0.1, 0.15) is 13.2 Å². The summed E-state index contributed by atoms with van der Waals surface area (Å²) in [5.41, 5.74) is 0. The van der Waals surface area contributed by atoms with E-state index in [9.17, 15) is 14.4 Å². The third-order valence-corrected chi connectivity index (χ3v) is 13.1. The molecular formula is C61H112O6. The van der Waals surface area contributed by atoms with Crippen molar-refractivity contribution >= 4 is 17.9 Å². The first-order valence-corrected chi connectivity index (χ1v) is 29.5. The van der Waals surface area contributed by atoms with Crippen LogP contribution in [0.5, 0.6) is 0 Å². The highest BCUT2D eigenvalue weighted by Gasteiger charge is 2.19. The van der Waals surface area contributed by atoms with Crippen LogP contribution in [0, 0.1) is 0 Å². The summed E-state index contributed by atoms with van der Waals surface area (Å²) in [5, 5.41) is 0. The molecule has 6 heteroatoms. The molecule has 1 unspecified atom stereocenters. The van der Waals surface area contributed by atoms with E-state index < -0.39 is 6.10 Å². The standard InChI is InChI=1S/C61H112O6/c1-4-7-10-13-16-18-20-22-24-26-28-30-32-33-35-37-39-41-43-45-48-51-54-60(63)66-57-58(56-65-59(62)53-50-47-15-12-9-6-3)67-61(64)55-52-49-46-44-42-40-38-36-34-31-29-27-25-23-21-19-17-14-11-8-5-2/h21,23,27,29,34,36,58H,4-20,22,24-26,28,30-33,35,37-57H2,1-3H3/b23-21-,29-27-,36-34-. The molecule has 0 aromatic heterocycles. The molecule has 0 aliphatic carbocycles. The summed E-state index contributed by atoms with van der Waals surface area (Å²) < 4.78 is 16.8. The zero-order valence-electron chi connectivity index (χ0n) is 44.9. The summed E-state index contributed by atoms with van der Waals surface area (Å²) >= 11 is 0. The number of hydrogen-bond acceptors (Lipinski definition) is 6. The molecule has 67 heavy (non-hydrogen) atoms. The van der Waals surface area contributed by atoms with Crippen molar-refractivity contribution in [3.05, 3.63) is 36.5 Å². The quantitative estimate of drug-likeness (QED) is 0.0262. The fraction of sp³-hybridized carbons (Fsp3) is 0.852. The average molecular weight is 942 g/mol. The molecule has 0 N–H and O–H groups in total. The van der Waals surface area contributed by atoms with E-state index in [2.05, 4.69) is 57.2 Å². The molecule has 0 saturated heterocycles. The van der Waals surface area contributed by atoms with Crippen LogP contribution >= 0.6 is 0 Å². The van der Waals surface area contributed by atoms with E-state index in [1.807, 2.05) is 0 Å². The Morgan fingerprint density at radius 2 is 0.537 bits per heavy atom. The fourth-order valence-corrected chi connectivity index (χ4v) is 8.69. The highest BCUT2D eigenvalue weighted by atomic mass is 16.6. The zero-order chi connectivity index (χ0) is 48.6. The Balaban J connectivity index is 4.13. The Labute approximate surface area is 416 Å². The van der Waals surface area contributed by atoms with E-state index in [0.717, 1.165) is 77.0 Å². The first-order valence-electron chi connectivity index (χ1n) is 29.5. The minimum atomic E-state index is -0.773. The number of rotatable bonds is 54. The predicted octanol–water partition coefficient (Wildman–Crippen LogP) is 19.7. The van der Waals surface area contributed by atoms with Crippen molar-refractivity contribution in [1.82, 2.24) is 0 Å². The number of carbonyl (C=O) groups excluding carboxylic acids is 3. The van der Waals surface area contributed by atoms with Gasteiger partial charge in [0.05, 0.1) is 0 Å². The van der Waals surface area contributed by atoms with E-state index in [0.29, 0.717) is 19.3 Å². The lowest BCUT2D eigenvalue weighted by molar-refractivity contribution is -0.167. The van der Waals surface area contributed by atoms with Crippen molar-refractivity contribution in [2.24, 2.45) is 0 Å². The highest BCUT2D eigenvalue weighted by molar-refractivity contribution is 5.71. The lowest BCUT2D eigenvalue weighted by atomic mass is 10.0. The van der Waals surface area contributed by atoms with Crippen LogP contribution in [0.2, 0.25) is 0 Å². The monoisotopic (exact) mass is 941 g/mol. The number of allylic oxidation sites excluding steroid dienone is 6. The van der Waals surface area contributed by atoms with Gasteiger partial charge in [-0.05, 0) is 57.8 Å². The van der Waals surface area contributed by atoms with Gasteiger partial charge in [-0.2, -0.15) is 0 Å². The molecule has 392 valence electrons. The summed E-state index contributed by atoms with van der Waals surface area (Å²) in [7, 11) is 0. The summed E-state index contributed by atoms with van der Waals surface area (Å²) in [6.07, 6.45) is 67.4. The van der Waals surface area contributed by atoms with Gasteiger partial charge in [-0.3, -0.25) is 14.4 Å². The summed E-state index contributed by atoms with van der Waals surface area (Å²) in [6, 6.07) is 0. The molecule has 0 aromatic carbocycles. The smallest absolute Gasteiger partial charge is 0.306 e. The molecule has 0 spiro atoms. The number of hydrogen-bond donors (Lipinski definition) is 0. The number of carbonyl (C=O) groups is 3. The van der Waals surface area contributed by atoms with Gasteiger partial charge in [0, 0.05) is 19.3 Å². The lowest BCUT2D eigenvalue weighted by Gasteiger charge is -2.18. The maximum Gasteiger partial charge on any atom is 0.306 e. The van der Waals surface area contributed by atoms with E-state index in [1.165, 1.54) is 199 Å². The van der Waals surface area contributed by atoms with Crippen molar-refractivity contribution < 1.29 is 28.6 Å². The Morgan fingerprint density at radius 3 is 0.836 bits per heavy atom. The molecule has 0 heterocycles. The first-order chi connectivity index (χ1) is 33.0. The van der Waals surface area contributed by atoms with Gasteiger partial charge in [0.2, 0.25) is 0 Å². The number of ether oxygens (including phenoxy) is 3. The summed E-state index contributed by atoms with van der Waals surface area (Å²) in [5.74, 6) is -0.880. The summed E-state index contributed by atoms with van der Waals surface area (Å²) in [4.78, 5) is 37.9. The van der Waals surface area contributed by atoms with Gasteiger partial charge in [-0.15, -0.1) is 0 Å². The normalized spacial score (nSPS) is 12.2. The second-order valence-electron chi connectivity index (χ2n) is 19.9. The minimum absolute atomic E-state index is 0.0738. The van der Waals surface area contributed by atoms with Crippen LogP contribution in [-0.4, -0.2) is 37.2 Å². The third kappa shape index (κ3) is 54.4. The first kappa shape index (κ1) is 64.6. The Hall–Kier alpha value is -2.37. The van der Waals surface area contributed by atoms with Gasteiger partial charge in [0.15, 0.2) is 6.10 Å². The second-order valence-corrected chi connectivity index (χ2v) is 19.9. The van der Waals surface area contributed by atoms with E-state index in [4.69, 9.17) is 14.2 Å². The molecule has 1 atom stereocenters. The number of unbranched alkanes of at least 4 members (excludes halogenated alkanes) is 37. The largest absolute Gasteiger partial charge is 0.462 e. The predicted molar refractivity (Wildman–Crippen MR) is 289 cm³/mol. The lowest BCUT2D eigenvalue weighted by Crippen LogP contribution is -2.30. The van der Waals surface area contributed by atoms with Crippen molar-refractivity contribution in [3.63, 3.8) is 0 Å². The third-order valence-electron chi connectivity index (χ3n) is 13.1. The topological polar surface area (TPSA) is 78.9 Å². The molecular weight excluding hydrogens is 829 g/mol. The van der Waals surface area contributed by atoms with E-state index >= 15 is 0 Å². The Bertz CT molecular complexity index is 1130. The molecule has 0 aliphatic heterocycles. The van der Waals surface area contributed by atoms with Gasteiger partial charge in [-0.25, -0.2) is 0 Å². The molecule has 0 fully saturated rings. The van der Waals surface area contributed by atoms with Crippen LogP contribution in [-0.2, 0) is 28.6 Å². The molecule has 0 aliphatic rings. The van der Waals surface area contributed by atoms with Crippen LogP contribution in [0.1, 0.15) is 316 Å². The Morgan fingerprint density at radius 1 is 0.299 bits per heavy atom. The van der Waals surface area contributed by atoms with Crippen molar-refractivity contribution in [3.8, 4) is 0 Å². The van der Waals surface area contributed by atoms with Crippen LogP contribution in [0.25, 0.3) is 0 Å². The van der Waals surface area contributed by atoms with Crippen molar-refractivity contribution in [2.75, 3.05) is 13.2 Å². The zero-order valence-corrected chi connectivity index (χ0v) is 44.9. The minimum Gasteiger partial charge on any atom is -0.462 e. The van der Waals surface area contributed by atoms with Gasteiger partial charge in [-0.1, -0.05) is 276 Å². The van der Waals surface area contributed by atoms with Crippen LogP contribution in [0.3, 0.4) is 0 Å². The average Bonchev–Trinajstić information content (AvgIpc) is 3.33. The molecule has 0 saturated carbocycles. The molecule has 0 amide bonds. The van der Waals surface area contributed by atoms with E-state index in [1.54, 1.807) is 0 Å². The van der Waals surface area contributed by atoms with Gasteiger partial charge in [0.25, 0.3) is 0 Å². The molecule has 0 bridgehead atoms. The molecule has 0 rings (SSSR count). The maximum atomic E-state index is 12.8. The van der Waals surface area contributed by atoms with Crippen LogP contribution in [0.4, 0.5) is 0 Å².